The zero-order valence-corrected chi connectivity index (χ0v) is 13.1. The fourth-order valence-electron chi connectivity index (χ4n) is 3.07. The topological polar surface area (TPSA) is 32.7 Å². The molecule has 1 aromatic rings. The monoisotopic (exact) mass is 313 g/mol. The van der Waals surface area contributed by atoms with Crippen LogP contribution in [0.25, 0.3) is 0 Å². The molecule has 2 fully saturated rings. The number of hydrogen-bond acceptors (Lipinski definition) is 3. The van der Waals surface area contributed by atoms with E-state index >= 15 is 0 Å². The van der Waals surface area contributed by atoms with Gasteiger partial charge < -0.3 is 14.7 Å². The van der Waals surface area contributed by atoms with Crippen molar-refractivity contribution in [1.29, 1.82) is 0 Å². The van der Waals surface area contributed by atoms with Gasteiger partial charge in [-0.25, -0.2) is 4.39 Å². The molecule has 1 saturated heterocycles. The number of rotatable bonds is 3. The second kappa shape index (κ2) is 5.75. The van der Waals surface area contributed by atoms with Crippen LogP contribution in [-0.4, -0.2) is 30.4 Å². The molecule has 3 atom stereocenters. The van der Waals surface area contributed by atoms with Crippen molar-refractivity contribution in [3.05, 3.63) is 28.5 Å². The highest BCUT2D eigenvalue weighted by atomic mass is 35.5. The van der Waals surface area contributed by atoms with Gasteiger partial charge >= 0.3 is 0 Å². The molecular weight excluding hydrogens is 293 g/mol. The van der Waals surface area contributed by atoms with E-state index in [1.54, 1.807) is 6.07 Å². The molecular formula is C16H21ClFNO2. The van der Waals surface area contributed by atoms with Crippen LogP contribution in [0.3, 0.4) is 0 Å². The summed E-state index contributed by atoms with van der Waals surface area (Å²) in [6.45, 7) is 5.37. The minimum Gasteiger partial charge on any atom is -0.388 e. The first-order valence-electron chi connectivity index (χ1n) is 7.53. The van der Waals surface area contributed by atoms with Crippen LogP contribution >= 0.6 is 11.6 Å². The fourth-order valence-corrected chi connectivity index (χ4v) is 3.36. The van der Waals surface area contributed by atoms with E-state index in [4.69, 9.17) is 16.3 Å². The van der Waals surface area contributed by atoms with Crippen molar-refractivity contribution in [1.82, 2.24) is 0 Å². The first kappa shape index (κ1) is 15.1. The predicted octanol–water partition coefficient (Wildman–Crippen LogP) is 3.54. The van der Waals surface area contributed by atoms with E-state index in [-0.39, 0.29) is 23.1 Å². The Bertz CT molecular complexity index is 525. The molecule has 3 nitrogen and oxygen atoms in total. The molecule has 116 valence electrons. The fraction of sp³-hybridized carbons (Fsp3) is 0.625. The second-order valence-corrected chi connectivity index (χ2v) is 6.62. The lowest BCUT2D eigenvalue weighted by Crippen LogP contribution is -2.45. The Hall–Kier alpha value is -0.840. The third-order valence-electron chi connectivity index (χ3n) is 4.24. The quantitative estimate of drug-likeness (QED) is 0.926. The third kappa shape index (κ3) is 3.03. The molecule has 0 radical (unpaired) electrons. The molecule has 5 heteroatoms. The van der Waals surface area contributed by atoms with Crippen molar-refractivity contribution in [2.75, 3.05) is 18.0 Å². The Kier molecular flexibility index (Phi) is 4.12. The number of aliphatic hydroxyl groups excluding tert-OH is 1. The minimum absolute atomic E-state index is 0.0876. The summed E-state index contributed by atoms with van der Waals surface area (Å²) in [5.41, 5.74) is 1.00. The number of aliphatic hydroxyl groups is 1. The number of ether oxygens (including phenoxy) is 1. The van der Waals surface area contributed by atoms with Gasteiger partial charge in [-0.05, 0) is 38.7 Å². The zero-order valence-electron chi connectivity index (χ0n) is 12.4. The average Bonchev–Trinajstić information content (AvgIpc) is 3.24. The van der Waals surface area contributed by atoms with Gasteiger partial charge in [-0.3, -0.25) is 0 Å². The Labute approximate surface area is 129 Å². The first-order valence-corrected chi connectivity index (χ1v) is 7.91. The zero-order chi connectivity index (χ0) is 15.1. The van der Waals surface area contributed by atoms with Gasteiger partial charge in [0, 0.05) is 18.7 Å². The van der Waals surface area contributed by atoms with Gasteiger partial charge in [-0.1, -0.05) is 17.7 Å². The van der Waals surface area contributed by atoms with Gasteiger partial charge in [0.25, 0.3) is 0 Å². The number of nitrogens with zero attached hydrogens (tertiary/aromatic N) is 1. The first-order chi connectivity index (χ1) is 9.97. The molecule has 1 heterocycles. The predicted molar refractivity (Wildman–Crippen MR) is 81.3 cm³/mol. The molecule has 3 rings (SSSR count). The summed E-state index contributed by atoms with van der Waals surface area (Å²) in [4.78, 5) is 2.05. The molecule has 1 N–H and O–H groups in total. The van der Waals surface area contributed by atoms with E-state index < -0.39 is 11.9 Å². The Morgan fingerprint density at radius 1 is 1.29 bits per heavy atom. The van der Waals surface area contributed by atoms with Gasteiger partial charge in [0.15, 0.2) is 0 Å². The van der Waals surface area contributed by atoms with Crippen LogP contribution in [0.5, 0.6) is 0 Å². The average molecular weight is 314 g/mol. The standard InChI is InChI=1S/C16H21ClFNO2/c1-9-7-19(8-10(2)21-9)13-6-5-12(15(18)14(13)17)16(20)11-3-4-11/h5-6,9-11,16,20H,3-4,7-8H2,1-2H3/t9-,10+,16?. The summed E-state index contributed by atoms with van der Waals surface area (Å²) in [7, 11) is 0. The van der Waals surface area contributed by atoms with E-state index in [1.807, 2.05) is 19.9 Å². The van der Waals surface area contributed by atoms with Crippen molar-refractivity contribution in [2.24, 2.45) is 5.92 Å². The third-order valence-corrected chi connectivity index (χ3v) is 4.60. The lowest BCUT2D eigenvalue weighted by molar-refractivity contribution is -0.00523. The lowest BCUT2D eigenvalue weighted by atomic mass is 10.0. The summed E-state index contributed by atoms with van der Waals surface area (Å²) in [5.74, 6) is -0.301. The smallest absolute Gasteiger partial charge is 0.149 e. The van der Waals surface area contributed by atoms with Gasteiger partial charge in [0.05, 0.1) is 29.0 Å². The second-order valence-electron chi connectivity index (χ2n) is 6.25. The van der Waals surface area contributed by atoms with Crippen LogP contribution in [0.4, 0.5) is 10.1 Å². The molecule has 0 aromatic heterocycles. The summed E-state index contributed by atoms with van der Waals surface area (Å²) in [6.07, 6.45) is 1.35. The SMILES string of the molecule is C[C@@H]1CN(c2ccc(C(O)C3CC3)c(F)c2Cl)C[C@H](C)O1. The van der Waals surface area contributed by atoms with E-state index in [9.17, 15) is 9.50 Å². The minimum atomic E-state index is -0.737. The highest BCUT2D eigenvalue weighted by molar-refractivity contribution is 6.33. The van der Waals surface area contributed by atoms with Crippen molar-refractivity contribution < 1.29 is 14.2 Å². The van der Waals surface area contributed by atoms with Crippen LogP contribution in [0.2, 0.25) is 5.02 Å². The summed E-state index contributed by atoms with van der Waals surface area (Å²) >= 11 is 6.23. The lowest BCUT2D eigenvalue weighted by Gasteiger charge is -2.37. The van der Waals surface area contributed by atoms with E-state index in [1.165, 1.54) is 0 Å². The maximum absolute atomic E-state index is 14.5. The maximum atomic E-state index is 14.5. The molecule has 2 aliphatic rings. The van der Waals surface area contributed by atoms with E-state index in [2.05, 4.69) is 4.90 Å². The number of hydrogen-bond donors (Lipinski definition) is 1. The Morgan fingerprint density at radius 2 is 1.90 bits per heavy atom. The van der Waals surface area contributed by atoms with Gasteiger partial charge in [-0.2, -0.15) is 0 Å². The normalized spacial score (nSPS) is 27.8. The Morgan fingerprint density at radius 3 is 2.48 bits per heavy atom. The molecule has 1 saturated carbocycles. The van der Waals surface area contributed by atoms with Crippen LogP contribution in [0, 0.1) is 11.7 Å². The Balaban J connectivity index is 1.88. The van der Waals surface area contributed by atoms with E-state index in [0.717, 1.165) is 12.8 Å². The maximum Gasteiger partial charge on any atom is 0.149 e. The molecule has 1 aliphatic heterocycles. The van der Waals surface area contributed by atoms with Crippen molar-refractivity contribution in [3.8, 4) is 0 Å². The number of morpholine rings is 1. The highest BCUT2D eigenvalue weighted by Crippen LogP contribution is 2.43. The molecule has 0 bridgehead atoms. The van der Waals surface area contributed by atoms with Crippen LogP contribution in [0.15, 0.2) is 12.1 Å². The van der Waals surface area contributed by atoms with E-state index in [0.29, 0.717) is 24.3 Å². The van der Waals surface area contributed by atoms with Crippen LogP contribution < -0.4 is 4.90 Å². The van der Waals surface area contributed by atoms with Crippen molar-refractivity contribution in [2.45, 2.75) is 45.0 Å². The largest absolute Gasteiger partial charge is 0.388 e. The van der Waals surface area contributed by atoms with Gasteiger partial charge in [0.1, 0.15) is 5.82 Å². The summed E-state index contributed by atoms with van der Waals surface area (Å²) in [5, 5.41) is 10.2. The summed E-state index contributed by atoms with van der Waals surface area (Å²) in [6, 6.07) is 3.49. The number of anilines is 1. The molecule has 1 aromatic carbocycles. The number of benzene rings is 1. The van der Waals surface area contributed by atoms with Crippen molar-refractivity contribution >= 4 is 17.3 Å². The summed E-state index contributed by atoms with van der Waals surface area (Å²) < 4.78 is 20.2. The van der Waals surface area contributed by atoms with Crippen LogP contribution in [0.1, 0.15) is 38.4 Å². The van der Waals surface area contributed by atoms with Gasteiger partial charge in [0.2, 0.25) is 0 Å². The molecule has 21 heavy (non-hydrogen) atoms. The van der Waals surface area contributed by atoms with Crippen LogP contribution in [-0.2, 0) is 4.74 Å². The molecule has 0 amide bonds. The highest BCUT2D eigenvalue weighted by Gasteiger charge is 2.34. The number of halogens is 2. The van der Waals surface area contributed by atoms with Crippen molar-refractivity contribution in [3.63, 3.8) is 0 Å². The molecule has 1 unspecified atom stereocenters. The molecule has 1 aliphatic carbocycles. The van der Waals surface area contributed by atoms with Gasteiger partial charge in [-0.15, -0.1) is 0 Å². The molecule has 0 spiro atoms.